The number of rotatable bonds is 6. The Balaban J connectivity index is 0.00000400. The molecule has 1 aromatic heterocycles. The van der Waals surface area contributed by atoms with Crippen molar-refractivity contribution in [3.05, 3.63) is 22.7 Å². The quantitative estimate of drug-likeness (QED) is 0.419. The molecular weight excluding hydrogens is 508 g/mol. The summed E-state index contributed by atoms with van der Waals surface area (Å²) in [6.07, 6.45) is 10.4. The lowest BCUT2D eigenvalue weighted by atomic mass is 9.85. The largest absolute Gasteiger partial charge is 0.349 e. The van der Waals surface area contributed by atoms with E-state index in [1.54, 1.807) is 40.5 Å². The van der Waals surface area contributed by atoms with E-state index in [0.29, 0.717) is 44.2 Å². The number of nitrogens with two attached hydrogens (primary N) is 2. The van der Waals surface area contributed by atoms with Crippen LogP contribution in [0.3, 0.4) is 0 Å². The highest BCUT2D eigenvalue weighted by atomic mass is 35.5. The van der Waals surface area contributed by atoms with Crippen LogP contribution in [-0.2, 0) is 4.79 Å². The first kappa shape index (κ1) is 30.3. The van der Waals surface area contributed by atoms with Crippen LogP contribution in [0.25, 0.3) is 0 Å². The molecule has 38 heavy (non-hydrogen) atoms. The number of halogens is 1. The van der Waals surface area contributed by atoms with Gasteiger partial charge < -0.3 is 26.6 Å². The molecule has 12 heteroatoms. The molecule has 2 heterocycles. The predicted molar refractivity (Wildman–Crippen MR) is 150 cm³/mol. The Bertz CT molecular complexity index is 989. The van der Waals surface area contributed by atoms with Gasteiger partial charge >= 0.3 is 11.7 Å². The van der Waals surface area contributed by atoms with Gasteiger partial charge in [-0.25, -0.2) is 9.59 Å². The number of amides is 3. The number of hydrogen-bond acceptors (Lipinski definition) is 7. The van der Waals surface area contributed by atoms with Crippen molar-refractivity contribution < 1.29 is 9.59 Å². The van der Waals surface area contributed by atoms with E-state index in [4.69, 9.17) is 11.5 Å². The van der Waals surface area contributed by atoms with E-state index in [-0.39, 0.29) is 41.9 Å². The zero-order valence-electron chi connectivity index (χ0n) is 22.7. The minimum Gasteiger partial charge on any atom is -0.338 e. The fourth-order valence-corrected chi connectivity index (χ4v) is 5.75. The van der Waals surface area contributed by atoms with Crippen LogP contribution in [0.5, 0.6) is 0 Å². The molecule has 0 atom stereocenters. The van der Waals surface area contributed by atoms with Crippen molar-refractivity contribution in [3.8, 4) is 0 Å². The van der Waals surface area contributed by atoms with E-state index in [1.165, 1.54) is 12.8 Å². The summed E-state index contributed by atoms with van der Waals surface area (Å²) in [6.45, 7) is 6.05. The van der Waals surface area contributed by atoms with Gasteiger partial charge in [0.2, 0.25) is 5.91 Å². The summed E-state index contributed by atoms with van der Waals surface area (Å²) in [5.41, 5.74) is 10.7. The summed E-state index contributed by atoms with van der Waals surface area (Å²) in [5.74, 6) is 0.760. The van der Waals surface area contributed by atoms with Gasteiger partial charge in [-0.3, -0.25) is 14.7 Å². The van der Waals surface area contributed by atoms with Crippen LogP contribution in [0, 0.1) is 5.92 Å². The van der Waals surface area contributed by atoms with Crippen LogP contribution in [0.15, 0.2) is 17.1 Å². The molecule has 0 unspecified atom stereocenters. The number of carbonyl (C=O) groups excluding carboxylic acids is 2. The minimum absolute atomic E-state index is 0. The number of anilines is 1. The summed E-state index contributed by atoms with van der Waals surface area (Å²) in [7, 11) is 0. The lowest BCUT2D eigenvalue weighted by molar-refractivity contribution is -0.137. The fraction of sp³-hybridized carbons (Fsp3) is 0.769. The van der Waals surface area contributed by atoms with Crippen LogP contribution in [-0.4, -0.2) is 81.6 Å². The molecule has 0 aromatic carbocycles. The number of nitrogens with one attached hydrogen (secondary N) is 2. The van der Waals surface area contributed by atoms with Crippen LogP contribution in [0.2, 0.25) is 0 Å². The van der Waals surface area contributed by atoms with Gasteiger partial charge in [0, 0.05) is 50.5 Å². The summed E-state index contributed by atoms with van der Waals surface area (Å²) in [4.78, 5) is 45.2. The molecule has 2 saturated carbocycles. The molecule has 1 aliphatic heterocycles. The number of hydrogen-bond donors (Lipinski definition) is 4. The predicted octanol–water partition coefficient (Wildman–Crippen LogP) is 1.67. The second-order valence-corrected chi connectivity index (χ2v) is 11.6. The molecule has 0 radical (unpaired) electrons. The Morgan fingerprint density at radius 1 is 1.00 bits per heavy atom. The monoisotopic (exact) mass is 552 g/mol. The number of urea groups is 1. The van der Waals surface area contributed by atoms with Crippen LogP contribution in [0.4, 0.5) is 10.6 Å². The SMILES string of the molecule is CC(C)(N)C(=O)N1CCN(C(=O)Nc2ccn(C3CCC(CNC4CCC(N)CC4)CC3)c(=O)n2)CC1.Cl. The van der Waals surface area contributed by atoms with Crippen molar-refractivity contribution in [2.45, 2.75) is 88.9 Å². The van der Waals surface area contributed by atoms with Gasteiger partial charge in [0.05, 0.1) is 5.54 Å². The second-order valence-electron chi connectivity index (χ2n) is 11.6. The number of piperazine rings is 1. The summed E-state index contributed by atoms with van der Waals surface area (Å²) in [5, 5.41) is 6.47. The maximum absolute atomic E-state index is 12.8. The highest BCUT2D eigenvalue weighted by Gasteiger charge is 2.31. The van der Waals surface area contributed by atoms with Gasteiger partial charge in [-0.2, -0.15) is 4.98 Å². The average molecular weight is 553 g/mol. The molecule has 6 N–H and O–H groups in total. The minimum atomic E-state index is -0.932. The second kappa shape index (κ2) is 13.2. The highest BCUT2D eigenvalue weighted by Crippen LogP contribution is 2.31. The Morgan fingerprint density at radius 2 is 1.61 bits per heavy atom. The summed E-state index contributed by atoms with van der Waals surface area (Å²) < 4.78 is 1.71. The molecule has 2 aliphatic carbocycles. The van der Waals surface area contributed by atoms with E-state index >= 15 is 0 Å². The Kier molecular flexibility index (Phi) is 10.6. The van der Waals surface area contributed by atoms with Crippen molar-refractivity contribution in [1.29, 1.82) is 0 Å². The number of carbonyl (C=O) groups is 2. The molecule has 214 valence electrons. The zero-order chi connectivity index (χ0) is 26.6. The third-order valence-corrected chi connectivity index (χ3v) is 8.15. The molecule has 0 bridgehead atoms. The summed E-state index contributed by atoms with van der Waals surface area (Å²) >= 11 is 0. The molecule has 0 spiro atoms. The molecule has 1 aromatic rings. The normalized spacial score (nSPS) is 26.4. The Morgan fingerprint density at radius 3 is 2.18 bits per heavy atom. The van der Waals surface area contributed by atoms with E-state index in [1.807, 2.05) is 0 Å². The number of aromatic nitrogens is 2. The van der Waals surface area contributed by atoms with Gasteiger partial charge in [0.25, 0.3) is 0 Å². The Labute approximate surface area is 231 Å². The molecule has 4 rings (SSSR count). The van der Waals surface area contributed by atoms with Gasteiger partial charge in [-0.05, 0) is 83.7 Å². The highest BCUT2D eigenvalue weighted by molar-refractivity contribution is 5.89. The smallest absolute Gasteiger partial charge is 0.338 e. The van der Waals surface area contributed by atoms with Crippen molar-refractivity contribution in [3.63, 3.8) is 0 Å². The van der Waals surface area contributed by atoms with Crippen molar-refractivity contribution in [2.75, 3.05) is 38.0 Å². The number of nitrogens with zero attached hydrogens (tertiary/aromatic N) is 4. The standard InChI is InChI=1S/C26H44N8O3.ClH/c1-26(2,28)23(35)32-13-15-33(16-14-32)24(36)30-22-11-12-34(25(37)31-22)21-9-3-18(4-10-21)17-29-20-7-5-19(27)6-8-20;/h11-12,18-21,29H,3-10,13-17,27-28H2,1-2H3,(H,30,31,36,37);1H. The molecule has 1 saturated heterocycles. The van der Waals surface area contributed by atoms with Gasteiger partial charge in [-0.15, -0.1) is 12.4 Å². The first-order chi connectivity index (χ1) is 17.6. The lowest BCUT2D eigenvalue weighted by Crippen LogP contribution is -2.58. The molecule has 3 aliphatic rings. The topological polar surface area (TPSA) is 152 Å². The third-order valence-electron chi connectivity index (χ3n) is 8.15. The maximum atomic E-state index is 12.8. The van der Waals surface area contributed by atoms with E-state index in [2.05, 4.69) is 15.6 Å². The van der Waals surface area contributed by atoms with Crippen molar-refractivity contribution >= 4 is 30.2 Å². The molecule has 3 amide bonds. The molecule has 11 nitrogen and oxygen atoms in total. The molecule has 3 fully saturated rings. The van der Waals surface area contributed by atoms with E-state index in [9.17, 15) is 14.4 Å². The van der Waals surface area contributed by atoms with Crippen LogP contribution in [0.1, 0.15) is 71.3 Å². The first-order valence-electron chi connectivity index (χ1n) is 13.8. The van der Waals surface area contributed by atoms with E-state index in [0.717, 1.165) is 45.1 Å². The average Bonchev–Trinajstić information content (AvgIpc) is 2.88. The lowest BCUT2D eigenvalue weighted by Gasteiger charge is -2.37. The van der Waals surface area contributed by atoms with Crippen LogP contribution >= 0.6 is 12.4 Å². The fourth-order valence-electron chi connectivity index (χ4n) is 5.75. The summed E-state index contributed by atoms with van der Waals surface area (Å²) in [6, 6.07) is 2.48. The third kappa shape index (κ3) is 7.91. The van der Waals surface area contributed by atoms with E-state index < -0.39 is 5.54 Å². The molecular formula is C26H45ClN8O3. The maximum Gasteiger partial charge on any atom is 0.349 e. The van der Waals surface area contributed by atoms with Crippen molar-refractivity contribution in [2.24, 2.45) is 17.4 Å². The van der Waals surface area contributed by atoms with Crippen molar-refractivity contribution in [1.82, 2.24) is 24.7 Å². The van der Waals surface area contributed by atoms with Crippen LogP contribution < -0.4 is 27.8 Å². The van der Waals surface area contributed by atoms with Gasteiger partial charge in [0.15, 0.2) is 0 Å². The van der Waals surface area contributed by atoms with Gasteiger partial charge in [0.1, 0.15) is 5.82 Å². The Hall–Kier alpha value is -2.21. The first-order valence-corrected chi connectivity index (χ1v) is 13.8. The zero-order valence-corrected chi connectivity index (χ0v) is 23.5. The van der Waals surface area contributed by atoms with Gasteiger partial charge in [-0.1, -0.05) is 0 Å².